The van der Waals surface area contributed by atoms with Gasteiger partial charge in [-0.1, -0.05) is 11.6 Å². The number of carbonyl (C=O) groups is 2. The maximum absolute atomic E-state index is 11.9. The van der Waals surface area contributed by atoms with Gasteiger partial charge in [0, 0.05) is 29.1 Å². The van der Waals surface area contributed by atoms with Crippen molar-refractivity contribution in [1.29, 1.82) is 0 Å². The summed E-state index contributed by atoms with van der Waals surface area (Å²) in [7, 11) is 0. The van der Waals surface area contributed by atoms with E-state index in [0.717, 1.165) is 17.1 Å². The highest BCUT2D eigenvalue weighted by Crippen LogP contribution is 2.23. The Kier molecular flexibility index (Phi) is 5.81. The number of nitrogens with one attached hydrogen (secondary N) is 2. The second-order valence-electron chi connectivity index (χ2n) is 4.76. The van der Waals surface area contributed by atoms with E-state index in [2.05, 4.69) is 10.6 Å². The van der Waals surface area contributed by atoms with Crippen molar-refractivity contribution >= 4 is 41.2 Å². The minimum atomic E-state index is -1.05. The summed E-state index contributed by atoms with van der Waals surface area (Å²) < 4.78 is 0. The summed E-state index contributed by atoms with van der Waals surface area (Å²) in [6, 6.07) is 4.57. The lowest BCUT2D eigenvalue weighted by Crippen LogP contribution is -2.36. The quantitative estimate of drug-likeness (QED) is 0.793. The molecule has 0 aliphatic carbocycles. The van der Waals surface area contributed by atoms with Gasteiger partial charge in [-0.05, 0) is 19.1 Å². The first kappa shape index (κ1) is 16.0. The molecule has 0 bridgehead atoms. The number of carbonyl (C=O) groups excluding carboxylic acids is 1. The fraction of sp³-hybridized carbons (Fsp3) is 0.429. The minimum Gasteiger partial charge on any atom is -0.478 e. The summed E-state index contributed by atoms with van der Waals surface area (Å²) in [5.41, 5.74) is 1.26. The molecule has 1 saturated heterocycles. The summed E-state index contributed by atoms with van der Waals surface area (Å²) in [6.07, 6.45) is 0. The van der Waals surface area contributed by atoms with Crippen molar-refractivity contribution in [2.75, 3.05) is 29.1 Å². The van der Waals surface area contributed by atoms with Gasteiger partial charge in [0.05, 0.1) is 11.3 Å². The van der Waals surface area contributed by atoms with E-state index in [0.29, 0.717) is 17.5 Å². The summed E-state index contributed by atoms with van der Waals surface area (Å²) in [6.45, 7) is 2.41. The highest BCUT2D eigenvalue weighted by atomic mass is 32.2. The van der Waals surface area contributed by atoms with Crippen LogP contribution in [0.1, 0.15) is 15.9 Å². The van der Waals surface area contributed by atoms with Crippen LogP contribution in [0.4, 0.5) is 10.5 Å². The Hall–Kier alpha value is -1.34. The van der Waals surface area contributed by atoms with Gasteiger partial charge in [-0.25, -0.2) is 9.59 Å². The number of benzene rings is 1. The third-order valence-electron chi connectivity index (χ3n) is 3.03. The topological polar surface area (TPSA) is 78.4 Å². The van der Waals surface area contributed by atoms with Crippen LogP contribution in [0, 0.1) is 6.92 Å². The van der Waals surface area contributed by atoms with E-state index in [1.807, 2.05) is 30.4 Å². The average molecular weight is 326 g/mol. The van der Waals surface area contributed by atoms with Crippen LogP contribution in [0.3, 0.4) is 0 Å². The van der Waals surface area contributed by atoms with Crippen LogP contribution in [0.15, 0.2) is 18.2 Å². The molecule has 21 heavy (non-hydrogen) atoms. The van der Waals surface area contributed by atoms with Gasteiger partial charge >= 0.3 is 12.0 Å². The molecule has 5 nitrogen and oxygen atoms in total. The molecule has 1 heterocycles. The van der Waals surface area contributed by atoms with E-state index < -0.39 is 5.97 Å². The molecule has 1 fully saturated rings. The Labute approximate surface area is 132 Å². The molecule has 0 spiro atoms. The molecule has 2 amide bonds. The molecule has 1 aromatic rings. The van der Waals surface area contributed by atoms with Crippen LogP contribution in [0.5, 0.6) is 0 Å². The molecule has 0 radical (unpaired) electrons. The van der Waals surface area contributed by atoms with Crippen molar-refractivity contribution in [2.24, 2.45) is 0 Å². The molecule has 1 aliphatic heterocycles. The van der Waals surface area contributed by atoms with Gasteiger partial charge in [-0.15, -0.1) is 0 Å². The molecule has 0 saturated carbocycles. The predicted octanol–water partition coefficient (Wildman–Crippen LogP) is 2.66. The zero-order valence-corrected chi connectivity index (χ0v) is 13.4. The van der Waals surface area contributed by atoms with E-state index in [-0.39, 0.29) is 11.6 Å². The summed E-state index contributed by atoms with van der Waals surface area (Å²) in [5.74, 6) is 2.27. The number of urea groups is 1. The number of carboxylic acids is 1. The number of rotatable bonds is 4. The summed E-state index contributed by atoms with van der Waals surface area (Å²) in [4.78, 5) is 23.1. The molecule has 0 aromatic heterocycles. The zero-order valence-electron chi connectivity index (χ0n) is 11.7. The lowest BCUT2D eigenvalue weighted by Gasteiger charge is -2.21. The Balaban J connectivity index is 1.91. The van der Waals surface area contributed by atoms with E-state index in [9.17, 15) is 9.59 Å². The normalized spacial score (nSPS) is 18.0. The van der Waals surface area contributed by atoms with Crippen molar-refractivity contribution < 1.29 is 14.7 Å². The van der Waals surface area contributed by atoms with E-state index in [4.69, 9.17) is 5.11 Å². The van der Waals surface area contributed by atoms with Crippen LogP contribution < -0.4 is 10.6 Å². The molecule has 1 aliphatic rings. The van der Waals surface area contributed by atoms with E-state index >= 15 is 0 Å². The SMILES string of the molecule is Cc1ccc(NC(=O)NCC2CSCCS2)c(C(=O)O)c1. The summed E-state index contributed by atoms with van der Waals surface area (Å²) >= 11 is 3.76. The molecule has 1 unspecified atom stereocenters. The van der Waals surface area contributed by atoms with Crippen molar-refractivity contribution in [3.63, 3.8) is 0 Å². The Morgan fingerprint density at radius 1 is 1.38 bits per heavy atom. The average Bonchev–Trinajstić information content (AvgIpc) is 2.48. The molecule has 1 atom stereocenters. The standard InChI is InChI=1S/C14H18N2O3S2/c1-9-2-3-12(11(6-9)13(17)18)16-14(19)15-7-10-8-20-4-5-21-10/h2-3,6,10H,4-5,7-8H2,1H3,(H,17,18)(H2,15,16,19). The van der Waals surface area contributed by atoms with Gasteiger partial charge in [0.2, 0.25) is 0 Å². The third-order valence-corrected chi connectivity index (χ3v) is 5.87. The van der Waals surface area contributed by atoms with E-state index in [1.165, 1.54) is 5.75 Å². The number of thioether (sulfide) groups is 2. The van der Waals surface area contributed by atoms with Gasteiger partial charge in [0.1, 0.15) is 0 Å². The van der Waals surface area contributed by atoms with Gasteiger partial charge < -0.3 is 15.7 Å². The number of hydrogen-bond donors (Lipinski definition) is 3. The first-order valence-corrected chi connectivity index (χ1v) is 8.85. The molecule has 1 aromatic carbocycles. The zero-order chi connectivity index (χ0) is 15.2. The number of amides is 2. The van der Waals surface area contributed by atoms with Crippen LogP contribution in [-0.4, -0.2) is 46.2 Å². The number of aryl methyl sites for hydroxylation is 1. The van der Waals surface area contributed by atoms with Crippen molar-refractivity contribution in [2.45, 2.75) is 12.2 Å². The van der Waals surface area contributed by atoms with Crippen LogP contribution in [0.2, 0.25) is 0 Å². The largest absolute Gasteiger partial charge is 0.478 e. The second kappa shape index (κ2) is 7.61. The summed E-state index contributed by atoms with van der Waals surface area (Å²) in [5, 5.41) is 15.0. The Morgan fingerprint density at radius 2 is 2.19 bits per heavy atom. The van der Waals surface area contributed by atoms with Gasteiger partial charge in [-0.3, -0.25) is 0 Å². The number of anilines is 1. The molecule has 3 N–H and O–H groups in total. The van der Waals surface area contributed by atoms with E-state index in [1.54, 1.807) is 18.2 Å². The maximum Gasteiger partial charge on any atom is 0.337 e. The number of hydrogen-bond acceptors (Lipinski definition) is 4. The fourth-order valence-electron chi connectivity index (χ4n) is 1.97. The molecular weight excluding hydrogens is 308 g/mol. The second-order valence-corrected chi connectivity index (χ2v) is 7.32. The molecule has 2 rings (SSSR count). The lowest BCUT2D eigenvalue weighted by molar-refractivity contribution is 0.0698. The van der Waals surface area contributed by atoms with Crippen molar-refractivity contribution in [3.8, 4) is 0 Å². The monoisotopic (exact) mass is 326 g/mol. The minimum absolute atomic E-state index is 0.104. The van der Waals surface area contributed by atoms with Gasteiger partial charge in [0.15, 0.2) is 0 Å². The van der Waals surface area contributed by atoms with Gasteiger partial charge in [-0.2, -0.15) is 23.5 Å². The van der Waals surface area contributed by atoms with Crippen molar-refractivity contribution in [1.82, 2.24) is 5.32 Å². The predicted molar refractivity (Wildman–Crippen MR) is 88.7 cm³/mol. The smallest absolute Gasteiger partial charge is 0.337 e. The lowest BCUT2D eigenvalue weighted by atomic mass is 10.1. The molecule has 114 valence electrons. The van der Waals surface area contributed by atoms with Crippen LogP contribution in [-0.2, 0) is 0 Å². The highest BCUT2D eigenvalue weighted by molar-refractivity contribution is 8.06. The first-order chi connectivity index (χ1) is 10.1. The van der Waals surface area contributed by atoms with Crippen LogP contribution >= 0.6 is 23.5 Å². The molecular formula is C14H18N2O3S2. The van der Waals surface area contributed by atoms with Gasteiger partial charge in [0.25, 0.3) is 0 Å². The molecule has 7 heteroatoms. The van der Waals surface area contributed by atoms with Crippen molar-refractivity contribution in [3.05, 3.63) is 29.3 Å². The maximum atomic E-state index is 11.9. The fourth-order valence-corrected chi connectivity index (χ4v) is 4.58. The third kappa shape index (κ3) is 4.86. The first-order valence-electron chi connectivity index (χ1n) is 6.64. The highest BCUT2D eigenvalue weighted by Gasteiger charge is 2.16. The number of aromatic carboxylic acids is 1. The Bertz CT molecular complexity index is 531. The number of carboxylic acid groups (broad SMARTS) is 1. The Morgan fingerprint density at radius 3 is 2.86 bits per heavy atom. The van der Waals surface area contributed by atoms with Crippen LogP contribution in [0.25, 0.3) is 0 Å².